The van der Waals surface area contributed by atoms with E-state index in [1.54, 1.807) is 66.7 Å². The summed E-state index contributed by atoms with van der Waals surface area (Å²) in [6.07, 6.45) is 2.81. The molecule has 29 heavy (non-hydrogen) atoms. The Morgan fingerprint density at radius 2 is 1.52 bits per heavy atom. The number of imide groups is 1. The van der Waals surface area contributed by atoms with Crippen LogP contribution in [-0.4, -0.2) is 17.8 Å². The van der Waals surface area contributed by atoms with Gasteiger partial charge in [-0.25, -0.2) is 9.69 Å². The van der Waals surface area contributed by atoms with Crippen molar-refractivity contribution in [2.45, 2.75) is 0 Å². The van der Waals surface area contributed by atoms with E-state index in [2.05, 4.69) is 0 Å². The molecular weight excluding hydrogens is 390 g/mol. The van der Waals surface area contributed by atoms with Gasteiger partial charge in [0.25, 0.3) is 11.8 Å². The number of fused-ring (bicyclic) bond motifs is 1. The summed E-state index contributed by atoms with van der Waals surface area (Å²) in [6, 6.07) is 20.0. The topological polar surface area (TPSA) is 63.7 Å². The van der Waals surface area contributed by atoms with Gasteiger partial charge in [-0.05, 0) is 42.0 Å². The van der Waals surface area contributed by atoms with Crippen molar-refractivity contribution in [3.8, 4) is 5.75 Å². The van der Waals surface area contributed by atoms with E-state index in [0.29, 0.717) is 27.4 Å². The van der Waals surface area contributed by atoms with Crippen LogP contribution in [0, 0.1) is 0 Å². The highest BCUT2D eigenvalue weighted by Crippen LogP contribution is 2.30. The maximum Gasteiger partial charge on any atom is 0.336 e. The first-order chi connectivity index (χ1) is 14.0. The molecule has 2 amide bonds. The molecule has 4 rings (SSSR count). The molecule has 0 aliphatic carbocycles. The summed E-state index contributed by atoms with van der Waals surface area (Å²) in [4.78, 5) is 38.4. The predicted octanol–water partition coefficient (Wildman–Crippen LogP) is 4.76. The van der Waals surface area contributed by atoms with Crippen LogP contribution in [0.1, 0.15) is 26.3 Å². The normalized spacial score (nSPS) is 13.1. The van der Waals surface area contributed by atoms with Gasteiger partial charge >= 0.3 is 5.97 Å². The number of benzene rings is 3. The first-order valence-corrected chi connectivity index (χ1v) is 9.15. The maximum atomic E-state index is 12.6. The van der Waals surface area contributed by atoms with Crippen molar-refractivity contribution in [1.29, 1.82) is 0 Å². The lowest BCUT2D eigenvalue weighted by Gasteiger charge is -2.14. The van der Waals surface area contributed by atoms with Gasteiger partial charge in [0.2, 0.25) is 0 Å². The van der Waals surface area contributed by atoms with Gasteiger partial charge in [-0.3, -0.25) is 9.59 Å². The van der Waals surface area contributed by atoms with Crippen LogP contribution in [0.25, 0.3) is 6.08 Å². The second-order valence-electron chi connectivity index (χ2n) is 6.26. The van der Waals surface area contributed by atoms with Crippen LogP contribution in [0.2, 0.25) is 5.02 Å². The Morgan fingerprint density at radius 1 is 0.862 bits per heavy atom. The van der Waals surface area contributed by atoms with Gasteiger partial charge in [-0.15, -0.1) is 0 Å². The molecule has 142 valence electrons. The predicted molar refractivity (Wildman–Crippen MR) is 110 cm³/mol. The minimum absolute atomic E-state index is 0.216. The van der Waals surface area contributed by atoms with Crippen molar-refractivity contribution in [2.75, 3.05) is 4.90 Å². The molecule has 0 unspecified atom stereocenters. The number of carbonyl (C=O) groups excluding carboxylic acids is 3. The molecule has 0 radical (unpaired) electrons. The molecule has 0 saturated carbocycles. The van der Waals surface area contributed by atoms with Gasteiger partial charge in [0.15, 0.2) is 0 Å². The number of hydrogen-bond acceptors (Lipinski definition) is 4. The van der Waals surface area contributed by atoms with Crippen molar-refractivity contribution in [2.24, 2.45) is 0 Å². The van der Waals surface area contributed by atoms with Gasteiger partial charge in [-0.2, -0.15) is 0 Å². The molecule has 5 nitrogen and oxygen atoms in total. The number of ether oxygens (including phenoxy) is 1. The average molecular weight is 404 g/mol. The van der Waals surface area contributed by atoms with E-state index in [0.717, 1.165) is 4.90 Å². The highest BCUT2D eigenvalue weighted by atomic mass is 35.5. The quantitative estimate of drug-likeness (QED) is 0.273. The molecule has 3 aromatic rings. The standard InChI is InChI=1S/C23H14ClNO4/c24-20-11-4-1-6-15(20)12-13-21(26)29-17-8-5-7-16(14-17)25-22(27)18-9-2-3-10-19(18)23(25)28/h1-14H/b13-12+. The first-order valence-electron chi connectivity index (χ1n) is 8.77. The largest absolute Gasteiger partial charge is 0.423 e. The van der Waals surface area contributed by atoms with Crippen molar-refractivity contribution in [1.82, 2.24) is 0 Å². The molecule has 0 saturated heterocycles. The molecule has 6 heteroatoms. The second kappa shape index (κ2) is 7.73. The van der Waals surface area contributed by atoms with E-state index < -0.39 is 17.8 Å². The third-order valence-electron chi connectivity index (χ3n) is 4.39. The molecular formula is C23H14ClNO4. The fourth-order valence-electron chi connectivity index (χ4n) is 3.03. The Labute approximate surface area is 171 Å². The summed E-state index contributed by atoms with van der Waals surface area (Å²) < 4.78 is 5.31. The number of hydrogen-bond donors (Lipinski definition) is 0. The zero-order valence-corrected chi connectivity index (χ0v) is 15.8. The Bertz CT molecular complexity index is 1130. The molecule has 3 aromatic carbocycles. The maximum absolute atomic E-state index is 12.6. The Morgan fingerprint density at radius 3 is 2.21 bits per heavy atom. The van der Waals surface area contributed by atoms with E-state index in [1.807, 2.05) is 6.07 Å². The van der Waals surface area contributed by atoms with Gasteiger partial charge < -0.3 is 4.74 Å². The molecule has 1 aliphatic rings. The van der Waals surface area contributed by atoms with Gasteiger partial charge in [-0.1, -0.05) is 48.0 Å². The first kappa shape index (κ1) is 18.7. The van der Waals surface area contributed by atoms with Crippen LogP contribution < -0.4 is 9.64 Å². The minimum Gasteiger partial charge on any atom is -0.423 e. The number of rotatable bonds is 4. The number of anilines is 1. The molecule has 0 N–H and O–H groups in total. The van der Waals surface area contributed by atoms with Crippen LogP contribution in [0.4, 0.5) is 5.69 Å². The number of amides is 2. The monoisotopic (exact) mass is 403 g/mol. The van der Waals surface area contributed by atoms with E-state index >= 15 is 0 Å². The molecule has 0 atom stereocenters. The average Bonchev–Trinajstić information content (AvgIpc) is 2.98. The second-order valence-corrected chi connectivity index (χ2v) is 6.67. The van der Waals surface area contributed by atoms with Crippen molar-refractivity contribution in [3.63, 3.8) is 0 Å². The lowest BCUT2D eigenvalue weighted by Crippen LogP contribution is -2.29. The highest BCUT2D eigenvalue weighted by molar-refractivity contribution is 6.34. The molecule has 1 heterocycles. The smallest absolute Gasteiger partial charge is 0.336 e. The highest BCUT2D eigenvalue weighted by Gasteiger charge is 2.36. The van der Waals surface area contributed by atoms with E-state index in [9.17, 15) is 14.4 Å². The summed E-state index contributed by atoms with van der Waals surface area (Å²) in [5, 5.41) is 0.518. The van der Waals surface area contributed by atoms with E-state index in [1.165, 1.54) is 12.1 Å². The lowest BCUT2D eigenvalue weighted by molar-refractivity contribution is -0.128. The van der Waals surface area contributed by atoms with Crippen molar-refractivity contribution >= 4 is 41.1 Å². The van der Waals surface area contributed by atoms with Crippen LogP contribution in [0.5, 0.6) is 5.75 Å². The summed E-state index contributed by atoms with van der Waals surface area (Å²) in [6.45, 7) is 0. The number of halogens is 1. The Balaban J connectivity index is 1.53. The van der Waals surface area contributed by atoms with Crippen LogP contribution >= 0.6 is 11.6 Å². The number of nitrogens with zero attached hydrogens (tertiary/aromatic N) is 1. The summed E-state index contributed by atoms with van der Waals surface area (Å²) >= 11 is 6.05. The van der Waals surface area contributed by atoms with E-state index in [-0.39, 0.29) is 5.75 Å². The van der Waals surface area contributed by atoms with Crippen molar-refractivity contribution in [3.05, 3.63) is 101 Å². The van der Waals surface area contributed by atoms with Crippen LogP contribution in [0.3, 0.4) is 0 Å². The zero-order valence-electron chi connectivity index (χ0n) is 15.0. The summed E-state index contributed by atoms with van der Waals surface area (Å²) in [5.74, 6) is -1.21. The molecule has 0 fully saturated rings. The third-order valence-corrected chi connectivity index (χ3v) is 4.74. The third kappa shape index (κ3) is 3.68. The fraction of sp³-hybridized carbons (Fsp3) is 0. The Hall–Kier alpha value is -3.70. The zero-order chi connectivity index (χ0) is 20.4. The summed E-state index contributed by atoms with van der Waals surface area (Å²) in [7, 11) is 0. The van der Waals surface area contributed by atoms with Gasteiger partial charge in [0.1, 0.15) is 5.75 Å². The molecule has 0 bridgehead atoms. The minimum atomic E-state index is -0.607. The summed E-state index contributed by atoms with van der Waals surface area (Å²) in [5.41, 5.74) is 1.72. The van der Waals surface area contributed by atoms with Crippen molar-refractivity contribution < 1.29 is 19.1 Å². The van der Waals surface area contributed by atoms with Crippen LogP contribution in [0.15, 0.2) is 78.9 Å². The van der Waals surface area contributed by atoms with E-state index in [4.69, 9.17) is 16.3 Å². The SMILES string of the molecule is O=C(/C=C/c1ccccc1Cl)Oc1cccc(N2C(=O)c3ccccc3C2=O)c1. The molecule has 1 aliphatic heterocycles. The number of esters is 1. The van der Waals surface area contributed by atoms with Gasteiger partial charge in [0.05, 0.1) is 16.8 Å². The van der Waals surface area contributed by atoms with Crippen LogP contribution in [-0.2, 0) is 4.79 Å². The Kier molecular flexibility index (Phi) is 4.97. The fourth-order valence-corrected chi connectivity index (χ4v) is 3.23. The number of carbonyl (C=O) groups is 3. The lowest BCUT2D eigenvalue weighted by atomic mass is 10.1. The van der Waals surface area contributed by atoms with Gasteiger partial charge in [0, 0.05) is 17.2 Å². The molecule has 0 aromatic heterocycles. The molecule has 0 spiro atoms.